The van der Waals surface area contributed by atoms with Crippen LogP contribution in [0.1, 0.15) is 6.92 Å². The average Bonchev–Trinajstić information content (AvgIpc) is 2.88. The molecule has 2 aromatic rings. The highest BCUT2D eigenvalue weighted by Gasteiger charge is 2.25. The van der Waals surface area contributed by atoms with Crippen LogP contribution in [0.5, 0.6) is 0 Å². The average molecular weight is 358 g/mol. The quantitative estimate of drug-likeness (QED) is 0.771. The fourth-order valence-electron chi connectivity index (χ4n) is 1.97. The number of hydrogen-bond acceptors (Lipinski definition) is 5. The number of thiazole rings is 1. The molecule has 0 bridgehead atoms. The van der Waals surface area contributed by atoms with E-state index in [4.69, 9.17) is 11.6 Å². The van der Waals surface area contributed by atoms with Crippen molar-refractivity contribution in [2.75, 3.05) is 24.0 Å². The standard InChI is InChI=1S/C14H16ClN3O2S2/c1-9(8-22(3)20)13(19)18(2)14-11(15)17-12(21-14)10-5-4-6-16-7-10/h4-7,9H,8H2,1-3H3. The van der Waals surface area contributed by atoms with Gasteiger partial charge in [0.15, 0.2) is 5.15 Å². The maximum Gasteiger partial charge on any atom is 0.234 e. The van der Waals surface area contributed by atoms with Gasteiger partial charge in [0.2, 0.25) is 5.91 Å². The minimum absolute atomic E-state index is 0.126. The highest BCUT2D eigenvalue weighted by atomic mass is 35.5. The Labute approximate surface area is 141 Å². The van der Waals surface area contributed by atoms with E-state index in [0.717, 1.165) is 5.56 Å². The molecule has 0 aliphatic heterocycles. The number of halogens is 1. The lowest BCUT2D eigenvalue weighted by molar-refractivity contribution is -0.120. The molecular formula is C14H16ClN3O2S2. The van der Waals surface area contributed by atoms with Gasteiger partial charge in [-0.25, -0.2) is 4.98 Å². The van der Waals surface area contributed by atoms with Crippen molar-refractivity contribution in [3.05, 3.63) is 29.7 Å². The van der Waals surface area contributed by atoms with Gasteiger partial charge in [-0.05, 0) is 19.1 Å². The summed E-state index contributed by atoms with van der Waals surface area (Å²) in [5.74, 6) is -0.135. The zero-order chi connectivity index (χ0) is 16.3. The van der Waals surface area contributed by atoms with Crippen molar-refractivity contribution in [1.29, 1.82) is 0 Å². The van der Waals surface area contributed by atoms with Crippen LogP contribution in [0.3, 0.4) is 0 Å². The number of nitrogens with zero attached hydrogens (tertiary/aromatic N) is 3. The zero-order valence-electron chi connectivity index (χ0n) is 12.4. The van der Waals surface area contributed by atoms with Gasteiger partial charge in [0.25, 0.3) is 0 Å². The number of hydrogen-bond donors (Lipinski definition) is 0. The summed E-state index contributed by atoms with van der Waals surface area (Å²) in [7, 11) is 1.66. The second-order valence-electron chi connectivity index (χ2n) is 4.89. The third-order valence-corrected chi connectivity index (χ3v) is 5.55. The molecule has 0 fully saturated rings. The Morgan fingerprint density at radius 1 is 1.59 bits per heavy atom. The molecule has 2 rings (SSSR count). The maximum atomic E-state index is 12.4. The molecule has 118 valence electrons. The highest BCUT2D eigenvalue weighted by Crippen LogP contribution is 2.37. The van der Waals surface area contributed by atoms with E-state index in [1.165, 1.54) is 16.2 Å². The first kappa shape index (κ1) is 17.2. The zero-order valence-corrected chi connectivity index (χ0v) is 14.8. The molecule has 0 N–H and O–H groups in total. The van der Waals surface area contributed by atoms with E-state index >= 15 is 0 Å². The Kier molecular flexibility index (Phi) is 5.80. The Bertz CT molecular complexity index is 649. The van der Waals surface area contributed by atoms with E-state index in [2.05, 4.69) is 9.97 Å². The van der Waals surface area contributed by atoms with Crippen LogP contribution in [0, 0.1) is 5.92 Å². The van der Waals surface area contributed by atoms with Crippen LogP contribution < -0.4 is 4.90 Å². The summed E-state index contributed by atoms with van der Waals surface area (Å²) >= 11 is 6.48. The summed E-state index contributed by atoms with van der Waals surface area (Å²) < 4.78 is 11.3. The van der Waals surface area contributed by atoms with E-state index in [1.54, 1.807) is 32.6 Å². The van der Waals surface area contributed by atoms with E-state index in [-0.39, 0.29) is 17.0 Å². The summed E-state index contributed by atoms with van der Waals surface area (Å²) in [5, 5.41) is 1.57. The molecule has 0 spiro atoms. The fraction of sp³-hybridized carbons (Fsp3) is 0.357. The lowest BCUT2D eigenvalue weighted by atomic mass is 10.2. The van der Waals surface area contributed by atoms with E-state index in [9.17, 15) is 9.35 Å². The normalized spacial score (nSPS) is 13.7. The van der Waals surface area contributed by atoms with Gasteiger partial charge in [0.1, 0.15) is 15.8 Å². The van der Waals surface area contributed by atoms with Crippen molar-refractivity contribution >= 4 is 45.0 Å². The Morgan fingerprint density at radius 3 is 2.91 bits per heavy atom. The molecular weight excluding hydrogens is 342 g/mol. The number of anilines is 1. The van der Waals surface area contributed by atoms with Crippen LogP contribution in [0.15, 0.2) is 24.5 Å². The number of carbonyl (C=O) groups excluding carboxylic acids is 1. The van der Waals surface area contributed by atoms with Crippen LogP contribution in [-0.2, 0) is 16.0 Å². The molecule has 1 amide bonds. The largest absolute Gasteiger partial charge is 0.617 e. The number of amides is 1. The lowest BCUT2D eigenvalue weighted by Gasteiger charge is -2.19. The van der Waals surface area contributed by atoms with Gasteiger partial charge >= 0.3 is 0 Å². The van der Waals surface area contributed by atoms with Crippen LogP contribution in [0.25, 0.3) is 10.6 Å². The van der Waals surface area contributed by atoms with Crippen LogP contribution >= 0.6 is 22.9 Å². The molecule has 22 heavy (non-hydrogen) atoms. The minimum atomic E-state index is -1.02. The first-order valence-corrected chi connectivity index (χ1v) is 9.46. The molecule has 8 heteroatoms. The smallest absolute Gasteiger partial charge is 0.234 e. The molecule has 0 aromatic carbocycles. The van der Waals surface area contributed by atoms with E-state index < -0.39 is 11.2 Å². The molecule has 2 aromatic heterocycles. The second kappa shape index (κ2) is 7.41. The molecule has 0 radical (unpaired) electrons. The number of pyridine rings is 1. The summed E-state index contributed by atoms with van der Waals surface area (Å²) in [6, 6.07) is 3.70. The van der Waals surface area contributed by atoms with Gasteiger partial charge in [0, 0.05) is 25.0 Å². The second-order valence-corrected chi connectivity index (χ2v) is 7.71. The summed E-state index contributed by atoms with van der Waals surface area (Å²) in [4.78, 5) is 22.2. The Hall–Kier alpha value is -1.15. The molecule has 0 saturated carbocycles. The molecule has 0 aliphatic rings. The van der Waals surface area contributed by atoms with Gasteiger partial charge in [0.05, 0.1) is 12.2 Å². The summed E-state index contributed by atoms with van der Waals surface area (Å²) in [6.07, 6.45) is 4.97. The van der Waals surface area contributed by atoms with Gasteiger partial charge in [-0.2, -0.15) is 0 Å². The van der Waals surface area contributed by atoms with Crippen LogP contribution in [-0.4, -0.2) is 39.5 Å². The monoisotopic (exact) mass is 357 g/mol. The minimum Gasteiger partial charge on any atom is -0.617 e. The number of aromatic nitrogens is 2. The van der Waals surface area contributed by atoms with Crippen molar-refractivity contribution in [1.82, 2.24) is 9.97 Å². The number of rotatable bonds is 5. The van der Waals surface area contributed by atoms with E-state index in [1.807, 2.05) is 12.1 Å². The van der Waals surface area contributed by atoms with Crippen molar-refractivity contribution in [2.45, 2.75) is 6.92 Å². The molecule has 0 aliphatic carbocycles. The lowest BCUT2D eigenvalue weighted by Crippen LogP contribution is -2.34. The van der Waals surface area contributed by atoms with Crippen molar-refractivity contribution in [3.8, 4) is 10.6 Å². The Morgan fingerprint density at radius 2 is 2.32 bits per heavy atom. The van der Waals surface area contributed by atoms with Crippen molar-refractivity contribution in [2.24, 2.45) is 5.92 Å². The topological polar surface area (TPSA) is 69.2 Å². The Balaban J connectivity index is 2.22. The van der Waals surface area contributed by atoms with Crippen LogP contribution in [0.2, 0.25) is 5.15 Å². The van der Waals surface area contributed by atoms with Gasteiger partial charge < -0.3 is 9.45 Å². The predicted octanol–water partition coefficient (Wildman–Crippen LogP) is 2.84. The number of carbonyl (C=O) groups is 1. The third kappa shape index (κ3) is 3.98. The molecule has 2 atom stereocenters. The molecule has 0 saturated heterocycles. The van der Waals surface area contributed by atoms with Gasteiger partial charge in [-0.15, -0.1) is 0 Å². The molecule has 2 heterocycles. The van der Waals surface area contributed by atoms with Gasteiger partial charge in [-0.3, -0.25) is 9.78 Å². The van der Waals surface area contributed by atoms with Crippen molar-refractivity contribution < 1.29 is 9.35 Å². The van der Waals surface area contributed by atoms with Crippen molar-refractivity contribution in [3.63, 3.8) is 0 Å². The fourth-order valence-corrected chi connectivity index (χ4v) is 4.11. The first-order chi connectivity index (χ1) is 10.4. The van der Waals surface area contributed by atoms with Crippen LogP contribution in [0.4, 0.5) is 5.00 Å². The van der Waals surface area contributed by atoms with Gasteiger partial charge in [-0.1, -0.05) is 34.1 Å². The third-order valence-electron chi connectivity index (χ3n) is 3.02. The van der Waals surface area contributed by atoms with E-state index in [0.29, 0.717) is 15.8 Å². The SMILES string of the molecule is CC(C[S+](C)[O-])C(=O)N(C)c1sc(-c2cccnc2)nc1Cl. The molecule has 2 unspecified atom stereocenters. The maximum absolute atomic E-state index is 12.4. The summed E-state index contributed by atoms with van der Waals surface area (Å²) in [6.45, 7) is 1.76. The summed E-state index contributed by atoms with van der Waals surface area (Å²) in [5.41, 5.74) is 0.851. The molecule has 5 nitrogen and oxygen atoms in total. The first-order valence-electron chi connectivity index (χ1n) is 6.54. The highest BCUT2D eigenvalue weighted by molar-refractivity contribution is 7.90. The predicted molar refractivity (Wildman–Crippen MR) is 91.9 cm³/mol.